The minimum Gasteiger partial charge on any atom is -0.497 e. The van der Waals surface area contributed by atoms with Crippen LogP contribution in [0.3, 0.4) is 0 Å². The molecular weight excluding hydrogens is 525 g/mol. The Hall–Kier alpha value is -2.76. The molecule has 0 saturated carbocycles. The highest BCUT2D eigenvalue weighted by Crippen LogP contribution is 2.25. The molecule has 0 unspecified atom stereocenters. The van der Waals surface area contributed by atoms with Crippen LogP contribution in [-0.4, -0.2) is 51.5 Å². The van der Waals surface area contributed by atoms with E-state index in [1.165, 1.54) is 30.0 Å². The normalized spacial score (nSPS) is 11.7. The molecule has 36 heavy (non-hydrogen) atoms. The van der Waals surface area contributed by atoms with E-state index in [2.05, 4.69) is 20.8 Å². The van der Waals surface area contributed by atoms with Gasteiger partial charge in [-0.1, -0.05) is 23.4 Å². The van der Waals surface area contributed by atoms with Crippen molar-refractivity contribution in [3.63, 3.8) is 0 Å². The molecule has 1 heterocycles. The Labute approximate surface area is 222 Å². The van der Waals surface area contributed by atoms with Crippen molar-refractivity contribution in [1.82, 2.24) is 20.1 Å². The number of benzene rings is 2. The zero-order chi connectivity index (χ0) is 26.1. The van der Waals surface area contributed by atoms with E-state index in [1.54, 1.807) is 43.1 Å². The summed E-state index contributed by atoms with van der Waals surface area (Å²) in [6.45, 7) is 2.52. The first kappa shape index (κ1) is 27.8. The zero-order valence-electron chi connectivity index (χ0n) is 20.1. The molecule has 192 valence electrons. The van der Waals surface area contributed by atoms with Gasteiger partial charge in [-0.2, -0.15) is 11.8 Å². The van der Waals surface area contributed by atoms with Gasteiger partial charge in [0.1, 0.15) is 11.6 Å². The molecule has 2 amide bonds. The predicted octanol–water partition coefficient (Wildman–Crippen LogP) is 5.05. The Balaban J connectivity index is 1.70. The van der Waals surface area contributed by atoms with Crippen LogP contribution >= 0.6 is 35.1 Å². The highest BCUT2D eigenvalue weighted by atomic mass is 35.5. The second-order valence-electron chi connectivity index (χ2n) is 7.59. The van der Waals surface area contributed by atoms with Gasteiger partial charge in [0.25, 0.3) is 5.91 Å². The monoisotopic (exact) mass is 551 g/mol. The molecule has 0 aliphatic carbocycles. The van der Waals surface area contributed by atoms with Crippen molar-refractivity contribution in [1.29, 1.82) is 0 Å². The summed E-state index contributed by atoms with van der Waals surface area (Å²) in [5.41, 5.74) is 0.919. The number of amides is 2. The molecule has 0 saturated heterocycles. The first-order valence-electron chi connectivity index (χ1n) is 11.1. The minimum atomic E-state index is -0.553. The lowest BCUT2D eigenvalue weighted by molar-refractivity contribution is -0.113. The van der Waals surface area contributed by atoms with Crippen LogP contribution in [0, 0.1) is 5.82 Å². The van der Waals surface area contributed by atoms with Gasteiger partial charge in [-0.15, -0.1) is 10.2 Å². The number of methoxy groups -OCH3 is 1. The standard InChI is InChI=1S/C24H27ClFN5O3S2/c1-4-31-22(20(11-12-35-3)28-23(33)15-5-8-17(34-2)9-6-15)29-30-24(31)36-14-21(32)27-16-7-10-19(26)18(25)13-16/h5-10,13,20H,4,11-12,14H2,1-3H3,(H,27,32)(H,28,33)/t20-/m0/s1. The van der Waals surface area contributed by atoms with E-state index in [9.17, 15) is 14.0 Å². The number of aromatic nitrogens is 3. The Bertz CT molecular complexity index is 1190. The molecule has 0 spiro atoms. The molecule has 1 aromatic heterocycles. The third kappa shape index (κ3) is 7.37. The lowest BCUT2D eigenvalue weighted by atomic mass is 10.1. The minimum absolute atomic E-state index is 0.0659. The Morgan fingerprint density at radius 2 is 1.94 bits per heavy atom. The molecule has 1 atom stereocenters. The fraction of sp³-hybridized carbons (Fsp3) is 0.333. The second kappa shape index (κ2) is 13.5. The Morgan fingerprint density at radius 1 is 1.19 bits per heavy atom. The number of hydrogen-bond donors (Lipinski definition) is 2. The molecule has 12 heteroatoms. The van der Waals surface area contributed by atoms with Crippen LogP contribution in [0.2, 0.25) is 5.02 Å². The van der Waals surface area contributed by atoms with Crippen LogP contribution in [-0.2, 0) is 11.3 Å². The lowest BCUT2D eigenvalue weighted by Gasteiger charge is -2.19. The summed E-state index contributed by atoms with van der Waals surface area (Å²) >= 11 is 8.68. The molecule has 0 aliphatic rings. The largest absolute Gasteiger partial charge is 0.497 e. The van der Waals surface area contributed by atoms with Crippen LogP contribution in [0.25, 0.3) is 0 Å². The molecule has 2 N–H and O–H groups in total. The van der Waals surface area contributed by atoms with Gasteiger partial charge in [0.15, 0.2) is 11.0 Å². The summed E-state index contributed by atoms with van der Waals surface area (Å²) in [7, 11) is 1.57. The van der Waals surface area contributed by atoms with Crippen molar-refractivity contribution in [2.24, 2.45) is 0 Å². The summed E-state index contributed by atoms with van der Waals surface area (Å²) in [4.78, 5) is 25.3. The van der Waals surface area contributed by atoms with Crippen LogP contribution in [0.1, 0.15) is 35.6 Å². The van der Waals surface area contributed by atoms with Gasteiger partial charge >= 0.3 is 0 Å². The van der Waals surface area contributed by atoms with Crippen LogP contribution in [0.15, 0.2) is 47.6 Å². The second-order valence-corrected chi connectivity index (χ2v) is 9.92. The highest BCUT2D eigenvalue weighted by Gasteiger charge is 2.23. The van der Waals surface area contributed by atoms with Crippen molar-refractivity contribution >= 4 is 52.6 Å². The number of anilines is 1. The molecule has 0 fully saturated rings. The first-order valence-corrected chi connectivity index (χ1v) is 13.9. The number of hydrogen-bond acceptors (Lipinski definition) is 7. The molecule has 0 bridgehead atoms. The summed E-state index contributed by atoms with van der Waals surface area (Å²) in [5, 5.41) is 14.9. The van der Waals surface area contributed by atoms with Crippen molar-refractivity contribution in [3.05, 3.63) is 64.7 Å². The number of ether oxygens (including phenoxy) is 1. The third-order valence-corrected chi connectivity index (χ3v) is 7.08. The smallest absolute Gasteiger partial charge is 0.251 e. The van der Waals surface area contributed by atoms with Gasteiger partial charge in [0, 0.05) is 17.8 Å². The quantitative estimate of drug-likeness (QED) is 0.304. The summed E-state index contributed by atoms with van der Waals surface area (Å²) < 4.78 is 20.4. The SMILES string of the molecule is CCn1c(SCC(=O)Nc2ccc(F)c(Cl)c2)nnc1[C@H](CCSC)NC(=O)c1ccc(OC)cc1. The Morgan fingerprint density at radius 3 is 2.58 bits per heavy atom. The number of rotatable bonds is 12. The number of halogens is 2. The molecule has 3 aromatic rings. The Kier molecular flexibility index (Phi) is 10.4. The third-order valence-electron chi connectivity index (χ3n) is 5.18. The number of nitrogens with one attached hydrogen (secondary N) is 2. The van der Waals surface area contributed by atoms with Gasteiger partial charge in [0.2, 0.25) is 5.91 Å². The molecule has 0 aliphatic heterocycles. The summed E-state index contributed by atoms with van der Waals surface area (Å²) in [6, 6.07) is 10.5. The van der Waals surface area contributed by atoms with Gasteiger partial charge in [-0.05, 0) is 67.8 Å². The fourth-order valence-corrected chi connectivity index (χ4v) is 4.81. The summed E-state index contributed by atoms with van der Waals surface area (Å²) in [6.07, 6.45) is 2.67. The average Bonchev–Trinajstić information content (AvgIpc) is 3.30. The van der Waals surface area contributed by atoms with Crippen LogP contribution < -0.4 is 15.4 Å². The lowest BCUT2D eigenvalue weighted by Crippen LogP contribution is -2.31. The fourth-order valence-electron chi connectivity index (χ4n) is 3.35. The van der Waals surface area contributed by atoms with E-state index >= 15 is 0 Å². The number of thioether (sulfide) groups is 2. The van der Waals surface area contributed by atoms with Crippen molar-refractivity contribution in [2.45, 2.75) is 31.1 Å². The van der Waals surface area contributed by atoms with E-state index in [1.807, 2.05) is 17.7 Å². The number of carbonyl (C=O) groups excluding carboxylic acids is 2. The maximum Gasteiger partial charge on any atom is 0.251 e. The molecule has 8 nitrogen and oxygen atoms in total. The van der Waals surface area contributed by atoms with Crippen molar-refractivity contribution in [3.8, 4) is 5.75 Å². The van der Waals surface area contributed by atoms with E-state index in [4.69, 9.17) is 16.3 Å². The predicted molar refractivity (Wildman–Crippen MR) is 143 cm³/mol. The van der Waals surface area contributed by atoms with Gasteiger partial charge < -0.3 is 19.9 Å². The molecule has 0 radical (unpaired) electrons. The maximum atomic E-state index is 13.3. The number of carbonyl (C=O) groups is 2. The maximum absolute atomic E-state index is 13.3. The zero-order valence-corrected chi connectivity index (χ0v) is 22.5. The van der Waals surface area contributed by atoms with E-state index in [0.29, 0.717) is 40.9 Å². The average molecular weight is 552 g/mol. The van der Waals surface area contributed by atoms with E-state index in [-0.39, 0.29) is 28.6 Å². The number of nitrogens with zero attached hydrogens (tertiary/aromatic N) is 3. The molecule has 3 rings (SSSR count). The van der Waals surface area contributed by atoms with Gasteiger partial charge in [-0.25, -0.2) is 4.39 Å². The summed E-state index contributed by atoms with van der Waals surface area (Å²) in [5.74, 6) is 1.12. The molecule has 2 aromatic carbocycles. The van der Waals surface area contributed by atoms with Gasteiger partial charge in [0.05, 0.1) is 23.9 Å². The van der Waals surface area contributed by atoms with Crippen molar-refractivity contribution < 1.29 is 18.7 Å². The van der Waals surface area contributed by atoms with E-state index in [0.717, 1.165) is 5.75 Å². The molecular formula is C24H27ClFN5O3S2. The first-order chi connectivity index (χ1) is 17.4. The van der Waals surface area contributed by atoms with Gasteiger partial charge in [-0.3, -0.25) is 9.59 Å². The van der Waals surface area contributed by atoms with Crippen LogP contribution in [0.4, 0.5) is 10.1 Å². The highest BCUT2D eigenvalue weighted by molar-refractivity contribution is 7.99. The van der Waals surface area contributed by atoms with Crippen LogP contribution in [0.5, 0.6) is 5.75 Å². The van der Waals surface area contributed by atoms with Crippen molar-refractivity contribution in [2.75, 3.05) is 30.2 Å². The topological polar surface area (TPSA) is 98.1 Å². The van der Waals surface area contributed by atoms with E-state index < -0.39 is 5.82 Å².